The molecular formula is C60H37N3O. The standard InChI is InChI=1S/C60H37N3O/c1-2-15-38(16-3-1)39-17-12-18-40(35-39)43-23-13-24-49-59-56(29-14-30-58(59)64-60(43)49)63-54-28-11-6-21-46(54)48-33-31-42(37-57(48)63)62-53-27-10-7-22-47(53)50-36-41(32-34-55(50)62)61-51-25-8-4-19-44(51)45-20-5-9-26-52(45)61/h1-37H. The Balaban J connectivity index is 0.980. The van der Waals surface area contributed by atoms with Gasteiger partial charge in [-0.15, -0.1) is 0 Å². The second kappa shape index (κ2) is 13.4. The number of rotatable bonds is 5. The first kappa shape index (κ1) is 35.0. The van der Waals surface area contributed by atoms with Gasteiger partial charge in [0, 0.05) is 54.6 Å². The van der Waals surface area contributed by atoms with Gasteiger partial charge in [0.2, 0.25) is 0 Å². The van der Waals surface area contributed by atoms with Crippen LogP contribution in [0.25, 0.3) is 127 Å². The lowest BCUT2D eigenvalue weighted by atomic mass is 9.97. The van der Waals surface area contributed by atoms with Gasteiger partial charge < -0.3 is 18.1 Å². The van der Waals surface area contributed by atoms with E-state index in [1.165, 1.54) is 65.5 Å². The first-order valence-electron chi connectivity index (χ1n) is 21.9. The van der Waals surface area contributed by atoms with Gasteiger partial charge in [0.15, 0.2) is 0 Å². The van der Waals surface area contributed by atoms with E-state index in [2.05, 4.69) is 238 Å². The van der Waals surface area contributed by atoms with E-state index in [4.69, 9.17) is 4.42 Å². The van der Waals surface area contributed by atoms with Gasteiger partial charge >= 0.3 is 0 Å². The van der Waals surface area contributed by atoms with Gasteiger partial charge in [0.05, 0.1) is 44.2 Å². The molecule has 4 heterocycles. The maximum absolute atomic E-state index is 6.89. The molecule has 0 saturated heterocycles. The van der Waals surface area contributed by atoms with Crippen molar-refractivity contribution in [3.05, 3.63) is 224 Å². The van der Waals surface area contributed by atoms with Crippen molar-refractivity contribution in [1.29, 1.82) is 0 Å². The SMILES string of the molecule is c1ccc(-c2cccc(-c3cccc4c3oc3cccc(-n5c6ccccc6c6ccc(-n7c8ccccc8c8cc(-n9c%10ccccc%10c%10ccccc%109)ccc87)cc65)c34)c2)cc1. The molecule has 0 aliphatic heterocycles. The number of hydrogen-bond acceptors (Lipinski definition) is 1. The summed E-state index contributed by atoms with van der Waals surface area (Å²) in [5, 5.41) is 9.57. The van der Waals surface area contributed by atoms with E-state index < -0.39 is 0 Å². The predicted molar refractivity (Wildman–Crippen MR) is 268 cm³/mol. The summed E-state index contributed by atoms with van der Waals surface area (Å²) >= 11 is 0. The highest BCUT2D eigenvalue weighted by Crippen LogP contribution is 2.43. The van der Waals surface area contributed by atoms with Crippen LogP contribution in [0.2, 0.25) is 0 Å². The van der Waals surface area contributed by atoms with E-state index in [1.807, 2.05) is 0 Å². The van der Waals surface area contributed by atoms with Gasteiger partial charge in [-0.3, -0.25) is 0 Å². The number of nitrogens with zero attached hydrogens (tertiary/aromatic N) is 3. The molecule has 4 nitrogen and oxygen atoms in total. The molecule has 4 heteroatoms. The van der Waals surface area contributed by atoms with Gasteiger partial charge in [-0.1, -0.05) is 152 Å². The Hall–Kier alpha value is -8.60. The Morgan fingerprint density at radius 3 is 1.48 bits per heavy atom. The number of furan rings is 1. The molecule has 0 saturated carbocycles. The summed E-state index contributed by atoms with van der Waals surface area (Å²) in [6, 6.07) is 81.3. The molecular weight excluding hydrogens is 779 g/mol. The van der Waals surface area contributed by atoms with Gasteiger partial charge in [-0.2, -0.15) is 0 Å². The average molecular weight is 816 g/mol. The molecule has 14 rings (SSSR count). The Morgan fingerprint density at radius 1 is 0.281 bits per heavy atom. The predicted octanol–water partition coefficient (Wildman–Crippen LogP) is 16.2. The molecule has 0 atom stereocenters. The molecule has 0 amide bonds. The first-order chi connectivity index (χ1) is 31.8. The minimum atomic E-state index is 0.864. The lowest BCUT2D eigenvalue weighted by Crippen LogP contribution is -1.98. The van der Waals surface area contributed by atoms with E-state index in [-0.39, 0.29) is 0 Å². The molecule has 0 aliphatic rings. The molecule has 0 N–H and O–H groups in total. The fourth-order valence-electron chi connectivity index (χ4n) is 10.7. The van der Waals surface area contributed by atoms with Crippen molar-refractivity contribution in [2.75, 3.05) is 0 Å². The van der Waals surface area contributed by atoms with Crippen molar-refractivity contribution >= 4 is 87.4 Å². The minimum Gasteiger partial charge on any atom is -0.455 e. The van der Waals surface area contributed by atoms with Crippen LogP contribution in [0.5, 0.6) is 0 Å². The maximum atomic E-state index is 6.89. The molecule has 298 valence electrons. The molecule has 0 unspecified atom stereocenters. The largest absolute Gasteiger partial charge is 0.455 e. The average Bonchev–Trinajstić information content (AvgIpc) is 4.10. The number of aromatic nitrogens is 3. The topological polar surface area (TPSA) is 27.9 Å². The zero-order valence-electron chi connectivity index (χ0n) is 34.6. The van der Waals surface area contributed by atoms with Gasteiger partial charge in [-0.25, -0.2) is 0 Å². The number of para-hydroxylation sites is 5. The molecule has 0 aliphatic carbocycles. The summed E-state index contributed by atoms with van der Waals surface area (Å²) < 4.78 is 14.2. The molecule has 4 aromatic heterocycles. The van der Waals surface area contributed by atoms with Crippen LogP contribution in [0.4, 0.5) is 0 Å². The van der Waals surface area contributed by atoms with Crippen molar-refractivity contribution < 1.29 is 4.42 Å². The fourth-order valence-corrected chi connectivity index (χ4v) is 10.7. The molecule has 0 radical (unpaired) electrons. The maximum Gasteiger partial charge on any atom is 0.143 e. The number of benzene rings is 10. The summed E-state index contributed by atoms with van der Waals surface area (Å²) in [5.74, 6) is 0. The summed E-state index contributed by atoms with van der Waals surface area (Å²) in [4.78, 5) is 0. The Labute approximate surface area is 367 Å². The van der Waals surface area contributed by atoms with E-state index in [0.717, 1.165) is 61.2 Å². The van der Waals surface area contributed by atoms with E-state index >= 15 is 0 Å². The molecule has 64 heavy (non-hydrogen) atoms. The van der Waals surface area contributed by atoms with Crippen molar-refractivity contribution in [3.8, 4) is 39.3 Å². The fraction of sp³-hybridized carbons (Fsp3) is 0. The number of hydrogen-bond donors (Lipinski definition) is 0. The third-order valence-electron chi connectivity index (χ3n) is 13.4. The minimum absolute atomic E-state index is 0.864. The summed E-state index contributed by atoms with van der Waals surface area (Å²) in [5.41, 5.74) is 16.7. The van der Waals surface area contributed by atoms with Crippen molar-refractivity contribution in [1.82, 2.24) is 13.7 Å². The van der Waals surface area contributed by atoms with Crippen LogP contribution in [0.1, 0.15) is 0 Å². The Bertz CT molecular complexity index is 4140. The Morgan fingerprint density at radius 2 is 0.781 bits per heavy atom. The van der Waals surface area contributed by atoms with E-state index in [0.29, 0.717) is 0 Å². The van der Waals surface area contributed by atoms with Crippen LogP contribution < -0.4 is 0 Å². The molecule has 10 aromatic carbocycles. The van der Waals surface area contributed by atoms with Crippen LogP contribution in [-0.4, -0.2) is 13.7 Å². The highest BCUT2D eigenvalue weighted by molar-refractivity contribution is 6.17. The van der Waals surface area contributed by atoms with E-state index in [9.17, 15) is 0 Å². The van der Waals surface area contributed by atoms with Crippen LogP contribution in [0.15, 0.2) is 229 Å². The number of fused-ring (bicyclic) bond motifs is 12. The molecule has 0 fully saturated rings. The third kappa shape index (κ3) is 4.99. The van der Waals surface area contributed by atoms with Crippen molar-refractivity contribution in [2.24, 2.45) is 0 Å². The Kier molecular flexibility index (Phi) is 7.36. The summed E-state index contributed by atoms with van der Waals surface area (Å²) in [7, 11) is 0. The quantitative estimate of drug-likeness (QED) is 0.170. The molecule has 0 bridgehead atoms. The van der Waals surface area contributed by atoms with Crippen LogP contribution in [0.3, 0.4) is 0 Å². The van der Waals surface area contributed by atoms with Crippen LogP contribution in [-0.2, 0) is 0 Å². The lowest BCUT2D eigenvalue weighted by molar-refractivity contribution is 0.670. The summed E-state index contributed by atoms with van der Waals surface area (Å²) in [6.07, 6.45) is 0. The van der Waals surface area contributed by atoms with Crippen molar-refractivity contribution in [3.63, 3.8) is 0 Å². The van der Waals surface area contributed by atoms with Crippen LogP contribution in [0, 0.1) is 0 Å². The molecule has 0 spiro atoms. The third-order valence-corrected chi connectivity index (χ3v) is 13.4. The van der Waals surface area contributed by atoms with E-state index in [1.54, 1.807) is 0 Å². The normalized spacial score (nSPS) is 12.1. The second-order valence-electron chi connectivity index (χ2n) is 16.9. The highest BCUT2D eigenvalue weighted by Gasteiger charge is 2.22. The van der Waals surface area contributed by atoms with Gasteiger partial charge in [-0.05, 0) is 89.5 Å². The second-order valence-corrected chi connectivity index (χ2v) is 16.9. The van der Waals surface area contributed by atoms with Gasteiger partial charge in [0.25, 0.3) is 0 Å². The zero-order valence-corrected chi connectivity index (χ0v) is 34.6. The first-order valence-corrected chi connectivity index (χ1v) is 21.9. The monoisotopic (exact) mass is 815 g/mol. The van der Waals surface area contributed by atoms with Gasteiger partial charge in [0.1, 0.15) is 11.2 Å². The van der Waals surface area contributed by atoms with Crippen LogP contribution >= 0.6 is 0 Å². The molecule has 14 aromatic rings. The highest BCUT2D eigenvalue weighted by atomic mass is 16.3. The summed E-state index contributed by atoms with van der Waals surface area (Å²) in [6.45, 7) is 0. The smallest absolute Gasteiger partial charge is 0.143 e. The zero-order chi connectivity index (χ0) is 41.9. The lowest BCUT2D eigenvalue weighted by Gasteiger charge is -2.13. The van der Waals surface area contributed by atoms with Crippen molar-refractivity contribution in [2.45, 2.75) is 0 Å².